The zero-order chi connectivity index (χ0) is 9.80. The van der Waals surface area contributed by atoms with Gasteiger partial charge in [-0.05, 0) is 11.4 Å². The molecule has 1 atom stereocenters. The molecule has 0 radical (unpaired) electrons. The molecule has 0 aromatic carbocycles. The third-order valence-corrected chi connectivity index (χ3v) is 4.21. The average Bonchev–Trinajstić information content (AvgIpc) is 2.74. The van der Waals surface area contributed by atoms with Gasteiger partial charge in [0.05, 0.1) is 6.07 Å². The van der Waals surface area contributed by atoms with E-state index in [0.717, 1.165) is 24.6 Å². The summed E-state index contributed by atoms with van der Waals surface area (Å²) in [5, 5.41) is 11.2. The van der Waals surface area contributed by atoms with Gasteiger partial charge in [-0.25, -0.2) is 0 Å². The molecular formula is C10H12N2S2. The van der Waals surface area contributed by atoms with Crippen molar-refractivity contribution in [3.05, 3.63) is 22.4 Å². The normalized spacial score (nSPS) is 20.2. The summed E-state index contributed by atoms with van der Waals surface area (Å²) in [6.07, 6.45) is 0. The van der Waals surface area contributed by atoms with Gasteiger partial charge in [-0.2, -0.15) is 17.0 Å². The van der Waals surface area contributed by atoms with Crippen molar-refractivity contribution in [2.75, 3.05) is 24.6 Å². The first-order valence-electron chi connectivity index (χ1n) is 4.66. The van der Waals surface area contributed by atoms with Crippen molar-refractivity contribution in [2.45, 2.75) is 6.04 Å². The summed E-state index contributed by atoms with van der Waals surface area (Å²) in [5.41, 5.74) is 0. The minimum absolute atomic E-state index is 0.0177. The molecule has 1 saturated heterocycles. The van der Waals surface area contributed by atoms with Crippen LogP contribution in [0.3, 0.4) is 0 Å². The molecule has 1 aliphatic heterocycles. The predicted octanol–water partition coefficient (Wildman–Crippen LogP) is 2.36. The molecule has 0 N–H and O–H groups in total. The van der Waals surface area contributed by atoms with E-state index in [2.05, 4.69) is 17.0 Å². The van der Waals surface area contributed by atoms with Crippen LogP contribution >= 0.6 is 23.1 Å². The van der Waals surface area contributed by atoms with Gasteiger partial charge < -0.3 is 0 Å². The van der Waals surface area contributed by atoms with Crippen LogP contribution in [0.2, 0.25) is 0 Å². The molecule has 2 nitrogen and oxygen atoms in total. The molecule has 0 unspecified atom stereocenters. The highest BCUT2D eigenvalue weighted by Crippen LogP contribution is 2.26. The fourth-order valence-corrected chi connectivity index (χ4v) is 3.34. The molecule has 0 spiro atoms. The molecule has 0 amide bonds. The average molecular weight is 224 g/mol. The van der Waals surface area contributed by atoms with Crippen LogP contribution in [-0.4, -0.2) is 29.5 Å². The summed E-state index contributed by atoms with van der Waals surface area (Å²) in [5.74, 6) is 2.31. The first kappa shape index (κ1) is 10.0. The molecule has 1 aromatic heterocycles. The maximum Gasteiger partial charge on any atom is 0.133 e. The zero-order valence-corrected chi connectivity index (χ0v) is 9.48. The Morgan fingerprint density at radius 1 is 1.43 bits per heavy atom. The lowest BCUT2D eigenvalue weighted by molar-refractivity contribution is 0.264. The van der Waals surface area contributed by atoms with Crippen molar-refractivity contribution >= 4 is 23.1 Å². The maximum atomic E-state index is 9.16. The van der Waals surface area contributed by atoms with Gasteiger partial charge in [-0.1, -0.05) is 6.07 Å². The van der Waals surface area contributed by atoms with Gasteiger partial charge in [0.25, 0.3) is 0 Å². The summed E-state index contributed by atoms with van der Waals surface area (Å²) >= 11 is 3.65. The summed E-state index contributed by atoms with van der Waals surface area (Å²) in [6.45, 7) is 2.08. The van der Waals surface area contributed by atoms with Gasteiger partial charge in [0.2, 0.25) is 0 Å². The summed E-state index contributed by atoms with van der Waals surface area (Å²) in [6, 6.07) is 6.46. The molecule has 2 rings (SSSR count). The van der Waals surface area contributed by atoms with Crippen molar-refractivity contribution in [1.82, 2.24) is 4.90 Å². The van der Waals surface area contributed by atoms with E-state index in [1.54, 1.807) is 11.3 Å². The standard InChI is InChI=1S/C10H12N2S2/c11-8-9(10-2-1-5-14-10)12-3-6-13-7-4-12/h1-2,5,9H,3-4,6-7H2/t9-/m1/s1. The zero-order valence-electron chi connectivity index (χ0n) is 7.85. The molecule has 1 aliphatic rings. The summed E-state index contributed by atoms with van der Waals surface area (Å²) in [7, 11) is 0. The largest absolute Gasteiger partial charge is 0.282 e. The van der Waals surface area contributed by atoms with Crippen LogP contribution in [0.25, 0.3) is 0 Å². The van der Waals surface area contributed by atoms with Crippen LogP contribution in [0, 0.1) is 11.3 Å². The molecule has 1 fully saturated rings. The SMILES string of the molecule is N#C[C@H](c1cccs1)N1CCSCC1. The lowest BCUT2D eigenvalue weighted by atomic mass is 10.2. The van der Waals surface area contributed by atoms with Crippen molar-refractivity contribution in [2.24, 2.45) is 0 Å². The molecule has 0 aliphatic carbocycles. The molecule has 1 aromatic rings. The smallest absolute Gasteiger partial charge is 0.133 e. The third-order valence-electron chi connectivity index (χ3n) is 2.35. The monoisotopic (exact) mass is 224 g/mol. The first-order valence-corrected chi connectivity index (χ1v) is 6.70. The van der Waals surface area contributed by atoms with Gasteiger partial charge in [0.1, 0.15) is 6.04 Å². The van der Waals surface area contributed by atoms with Gasteiger partial charge in [0, 0.05) is 29.5 Å². The van der Waals surface area contributed by atoms with Crippen molar-refractivity contribution in [1.29, 1.82) is 5.26 Å². The van der Waals surface area contributed by atoms with Crippen molar-refractivity contribution < 1.29 is 0 Å². The molecule has 2 heterocycles. The Morgan fingerprint density at radius 3 is 2.79 bits per heavy atom. The lowest BCUT2D eigenvalue weighted by Crippen LogP contribution is -2.35. The molecule has 0 bridgehead atoms. The highest BCUT2D eigenvalue weighted by molar-refractivity contribution is 7.99. The second kappa shape index (κ2) is 4.83. The number of hydrogen-bond donors (Lipinski definition) is 0. The van der Waals surface area contributed by atoms with E-state index in [4.69, 9.17) is 5.26 Å². The van der Waals surface area contributed by atoms with Gasteiger partial charge in [0.15, 0.2) is 0 Å². The molecular weight excluding hydrogens is 212 g/mol. The van der Waals surface area contributed by atoms with Crippen molar-refractivity contribution in [3.63, 3.8) is 0 Å². The van der Waals surface area contributed by atoms with E-state index >= 15 is 0 Å². The van der Waals surface area contributed by atoms with Crippen LogP contribution in [0.1, 0.15) is 10.9 Å². The molecule has 14 heavy (non-hydrogen) atoms. The van der Waals surface area contributed by atoms with Crippen LogP contribution in [0.5, 0.6) is 0 Å². The van der Waals surface area contributed by atoms with E-state index in [1.165, 1.54) is 4.88 Å². The third kappa shape index (κ3) is 2.11. The van der Waals surface area contributed by atoms with E-state index < -0.39 is 0 Å². The minimum Gasteiger partial charge on any atom is -0.282 e. The van der Waals surface area contributed by atoms with Gasteiger partial charge in [-0.15, -0.1) is 11.3 Å². The number of rotatable bonds is 2. The second-order valence-electron chi connectivity index (χ2n) is 3.20. The maximum absolute atomic E-state index is 9.16. The molecule has 0 saturated carbocycles. The Labute approximate surface area is 92.5 Å². The Bertz CT molecular complexity index is 309. The Hall–Kier alpha value is -0.500. The van der Waals surface area contributed by atoms with E-state index in [9.17, 15) is 0 Å². The lowest BCUT2D eigenvalue weighted by Gasteiger charge is -2.29. The summed E-state index contributed by atoms with van der Waals surface area (Å²) in [4.78, 5) is 3.46. The van der Waals surface area contributed by atoms with Crippen LogP contribution in [0.15, 0.2) is 17.5 Å². The Balaban J connectivity index is 2.09. The topological polar surface area (TPSA) is 27.0 Å². The number of nitriles is 1. The number of hydrogen-bond acceptors (Lipinski definition) is 4. The van der Waals surface area contributed by atoms with Gasteiger partial charge in [-0.3, -0.25) is 4.90 Å². The number of thiophene rings is 1. The van der Waals surface area contributed by atoms with Crippen LogP contribution in [-0.2, 0) is 0 Å². The highest BCUT2D eigenvalue weighted by atomic mass is 32.2. The summed E-state index contributed by atoms with van der Waals surface area (Å²) < 4.78 is 0. The quantitative estimate of drug-likeness (QED) is 0.771. The highest BCUT2D eigenvalue weighted by Gasteiger charge is 2.22. The number of thioether (sulfide) groups is 1. The van der Waals surface area contributed by atoms with Crippen LogP contribution in [0.4, 0.5) is 0 Å². The van der Waals surface area contributed by atoms with Gasteiger partial charge >= 0.3 is 0 Å². The Morgan fingerprint density at radius 2 is 2.21 bits per heavy atom. The predicted molar refractivity (Wildman–Crippen MR) is 61.6 cm³/mol. The van der Waals surface area contributed by atoms with E-state index in [1.807, 2.05) is 23.2 Å². The molecule has 4 heteroatoms. The first-order chi connectivity index (χ1) is 6.92. The van der Waals surface area contributed by atoms with E-state index in [-0.39, 0.29) is 6.04 Å². The second-order valence-corrected chi connectivity index (χ2v) is 5.40. The minimum atomic E-state index is -0.0177. The van der Waals surface area contributed by atoms with Crippen molar-refractivity contribution in [3.8, 4) is 6.07 Å². The fraction of sp³-hybridized carbons (Fsp3) is 0.500. The Kier molecular flexibility index (Phi) is 3.46. The fourth-order valence-electron chi connectivity index (χ4n) is 1.61. The molecule has 74 valence electrons. The van der Waals surface area contributed by atoms with Crippen LogP contribution < -0.4 is 0 Å². The number of nitrogens with zero attached hydrogens (tertiary/aromatic N) is 2. The van der Waals surface area contributed by atoms with E-state index in [0.29, 0.717) is 0 Å².